The molecule has 5 atom stereocenters. The minimum Gasteiger partial charge on any atom is -0.465 e. The number of amides is 5. The zero-order valence-corrected chi connectivity index (χ0v) is 31.9. The number of hydrogen-bond acceptors (Lipinski definition) is 11. The normalized spacial score (nSPS) is 27.9. The molecule has 0 aromatic heterocycles. The van der Waals surface area contributed by atoms with Gasteiger partial charge in [0.25, 0.3) is 5.91 Å². The van der Waals surface area contributed by atoms with Crippen LogP contribution in [0.15, 0.2) is 30.4 Å². The number of nitrogens with one attached hydrogen (secondary N) is 3. The second kappa shape index (κ2) is 15.2. The molecule has 1 aromatic carbocycles. The molecule has 0 spiro atoms. The largest absolute Gasteiger partial charge is 0.465 e. The molecule has 0 bridgehead atoms. The van der Waals surface area contributed by atoms with E-state index >= 15 is 0 Å². The molecular weight excluding hydrogens is 722 g/mol. The average molecular weight is 772 g/mol. The number of carbonyl (C=O) groups excluding carboxylic acids is 6. The molecule has 16 nitrogen and oxygen atoms in total. The van der Waals surface area contributed by atoms with Gasteiger partial charge in [0.05, 0.1) is 24.5 Å². The van der Waals surface area contributed by atoms with Crippen LogP contribution >= 0.6 is 0 Å². The van der Waals surface area contributed by atoms with Crippen molar-refractivity contribution < 1.29 is 51.4 Å². The van der Waals surface area contributed by atoms with E-state index in [1.54, 1.807) is 39.0 Å². The van der Waals surface area contributed by atoms with Crippen molar-refractivity contribution in [1.29, 1.82) is 0 Å². The minimum absolute atomic E-state index is 0.117. The van der Waals surface area contributed by atoms with Crippen molar-refractivity contribution in [1.82, 2.24) is 25.2 Å². The number of allylic oxidation sites excluding steroid dienone is 1. The number of carbonyl (C=O) groups is 6. The van der Waals surface area contributed by atoms with Crippen molar-refractivity contribution in [2.24, 2.45) is 5.92 Å². The summed E-state index contributed by atoms with van der Waals surface area (Å²) in [5.74, 6) is -3.12. The van der Waals surface area contributed by atoms with E-state index < -0.39 is 86.4 Å². The summed E-state index contributed by atoms with van der Waals surface area (Å²) in [6, 6.07) is 2.71. The number of ether oxygens (including phenoxy) is 3. The highest BCUT2D eigenvalue weighted by atomic mass is 32.2. The SMILES string of the molecule is COC(=O)c1ccc2c(c1)CN(C(=O)O[C@@H]1C[C@H]3C(=O)N[C@]4(C(=O)NS(=O)(=O)C5CC5)C[C@@H]4/C=C\CCCCC[C@H](NC(=O)OC(C)(C)C)C(=O)N3C1)C2. The number of rotatable bonds is 6. The number of hydrogen-bond donors (Lipinski definition) is 3. The minimum atomic E-state index is -3.92. The highest BCUT2D eigenvalue weighted by molar-refractivity contribution is 7.91. The predicted molar refractivity (Wildman–Crippen MR) is 192 cm³/mol. The topological polar surface area (TPSA) is 207 Å². The third-order valence-electron chi connectivity index (χ3n) is 10.4. The number of esters is 1. The van der Waals surface area contributed by atoms with Gasteiger partial charge in [0.15, 0.2) is 0 Å². The van der Waals surface area contributed by atoms with E-state index in [9.17, 15) is 37.2 Å². The van der Waals surface area contributed by atoms with Gasteiger partial charge in [0.2, 0.25) is 21.8 Å². The molecule has 3 fully saturated rings. The second-order valence-corrected chi connectivity index (χ2v) is 17.8. The molecular formula is C37H49N5O11S. The maximum absolute atomic E-state index is 14.4. The van der Waals surface area contributed by atoms with Gasteiger partial charge in [-0.05, 0) is 82.6 Å². The first kappa shape index (κ1) is 39.0. The number of alkyl carbamates (subject to hydrolysis) is 1. The lowest BCUT2D eigenvalue weighted by atomic mass is 10.0. The first-order chi connectivity index (χ1) is 25.5. The highest BCUT2D eigenvalue weighted by Gasteiger charge is 2.62. The summed E-state index contributed by atoms with van der Waals surface area (Å²) < 4.78 is 43.9. The molecule has 5 aliphatic rings. The van der Waals surface area contributed by atoms with E-state index in [-0.39, 0.29) is 38.9 Å². The number of fused-ring (bicyclic) bond motifs is 3. The molecule has 3 heterocycles. The fourth-order valence-electron chi connectivity index (χ4n) is 7.28. The summed E-state index contributed by atoms with van der Waals surface area (Å²) in [6.07, 6.45) is 5.20. The highest BCUT2D eigenvalue weighted by Crippen LogP contribution is 2.46. The fraction of sp³-hybridized carbons (Fsp3) is 0.622. The monoisotopic (exact) mass is 771 g/mol. The summed E-state index contributed by atoms with van der Waals surface area (Å²) in [4.78, 5) is 83.4. The summed E-state index contributed by atoms with van der Waals surface area (Å²) in [6.45, 7) is 5.29. The zero-order valence-electron chi connectivity index (χ0n) is 31.1. The summed E-state index contributed by atoms with van der Waals surface area (Å²) in [7, 11) is -2.64. The predicted octanol–water partition coefficient (Wildman–Crippen LogP) is 2.79. The lowest BCUT2D eigenvalue weighted by Gasteiger charge is -2.30. The Balaban J connectivity index is 1.24. The smallest absolute Gasteiger partial charge is 0.410 e. The Morgan fingerprint density at radius 1 is 1.00 bits per heavy atom. The molecule has 3 aliphatic heterocycles. The van der Waals surface area contributed by atoms with E-state index in [4.69, 9.17) is 14.2 Å². The molecule has 54 heavy (non-hydrogen) atoms. The van der Waals surface area contributed by atoms with Crippen LogP contribution in [0, 0.1) is 5.92 Å². The summed E-state index contributed by atoms with van der Waals surface area (Å²) in [5, 5.41) is 4.82. The first-order valence-electron chi connectivity index (χ1n) is 18.5. The van der Waals surface area contributed by atoms with Gasteiger partial charge in [-0.15, -0.1) is 0 Å². The Kier molecular flexibility index (Phi) is 11.0. The lowest BCUT2D eigenvalue weighted by molar-refractivity contribution is -0.141. The molecule has 6 rings (SSSR count). The standard InChI is InChI=1S/C37H49N5O11S/c1-36(2,3)53-34(47)38-28-11-9-7-5-6-8-10-25-18-37(25,33(46)40-54(49,50)27-14-15-27)39-30(43)29-17-26(21-42(29)31(28)44)52-35(48)41-19-23-13-12-22(32(45)51-4)16-24(23)20-41/h8,10,12-13,16,25-29H,5-7,9,11,14-15,17-21H2,1-4H3,(H,38,47)(H,39,43)(H,40,46)/b10-8-/t25-,26+,28-,29-,37+/m0/s1. The summed E-state index contributed by atoms with van der Waals surface area (Å²) >= 11 is 0. The van der Waals surface area contributed by atoms with Crippen LogP contribution in [0.2, 0.25) is 0 Å². The molecule has 3 N–H and O–H groups in total. The molecule has 2 saturated carbocycles. The Morgan fingerprint density at radius 2 is 1.74 bits per heavy atom. The molecule has 5 amide bonds. The Hall–Kier alpha value is -4.67. The van der Waals surface area contributed by atoms with Crippen LogP contribution in [0.25, 0.3) is 0 Å². The molecule has 0 unspecified atom stereocenters. The maximum Gasteiger partial charge on any atom is 0.410 e. The van der Waals surface area contributed by atoms with Crippen LogP contribution in [0.3, 0.4) is 0 Å². The van der Waals surface area contributed by atoms with Crippen LogP contribution in [0.5, 0.6) is 0 Å². The van der Waals surface area contributed by atoms with Gasteiger partial charge in [0, 0.05) is 25.4 Å². The summed E-state index contributed by atoms with van der Waals surface area (Å²) in [5.41, 5.74) is -0.481. The average Bonchev–Trinajstić information content (AvgIpc) is 3.99. The van der Waals surface area contributed by atoms with Gasteiger partial charge >= 0.3 is 18.2 Å². The van der Waals surface area contributed by atoms with Crippen LogP contribution < -0.4 is 15.4 Å². The van der Waals surface area contributed by atoms with Crippen molar-refractivity contribution >= 4 is 45.9 Å². The number of nitrogens with zero attached hydrogens (tertiary/aromatic N) is 2. The quantitative estimate of drug-likeness (QED) is 0.218. The molecule has 1 aromatic rings. The Bertz CT molecular complexity index is 1840. The van der Waals surface area contributed by atoms with Gasteiger partial charge in [-0.1, -0.05) is 31.1 Å². The lowest BCUT2D eigenvalue weighted by Crippen LogP contribution is -2.58. The molecule has 17 heteroatoms. The van der Waals surface area contributed by atoms with Crippen LogP contribution in [-0.4, -0.2) is 102 Å². The molecule has 2 aliphatic carbocycles. The maximum atomic E-state index is 14.4. The Labute approximate surface area is 314 Å². The second-order valence-electron chi connectivity index (χ2n) is 15.8. The number of methoxy groups -OCH3 is 1. The van der Waals surface area contributed by atoms with Gasteiger partial charge in [-0.3, -0.25) is 24.0 Å². The van der Waals surface area contributed by atoms with Crippen molar-refractivity contribution in [3.05, 3.63) is 47.0 Å². The van der Waals surface area contributed by atoms with E-state index in [0.29, 0.717) is 31.2 Å². The van der Waals surface area contributed by atoms with Crippen molar-refractivity contribution in [2.45, 2.75) is 126 Å². The van der Waals surface area contributed by atoms with Gasteiger partial charge in [0.1, 0.15) is 29.3 Å². The number of sulfonamides is 1. The molecule has 294 valence electrons. The van der Waals surface area contributed by atoms with E-state index in [0.717, 1.165) is 24.0 Å². The van der Waals surface area contributed by atoms with Crippen molar-refractivity contribution in [3.8, 4) is 0 Å². The molecule has 1 saturated heterocycles. The van der Waals surface area contributed by atoms with Crippen LogP contribution in [0.4, 0.5) is 9.59 Å². The third kappa shape index (κ3) is 8.82. The third-order valence-corrected chi connectivity index (χ3v) is 12.2. The van der Waals surface area contributed by atoms with Gasteiger partial charge in [-0.2, -0.15) is 0 Å². The van der Waals surface area contributed by atoms with Crippen LogP contribution in [0.1, 0.15) is 100 Å². The van der Waals surface area contributed by atoms with Crippen LogP contribution in [-0.2, 0) is 51.7 Å². The number of benzene rings is 1. The van der Waals surface area contributed by atoms with Gasteiger partial charge < -0.3 is 29.7 Å². The van der Waals surface area contributed by atoms with Gasteiger partial charge in [-0.25, -0.2) is 22.8 Å². The zero-order chi connectivity index (χ0) is 39.0. The Morgan fingerprint density at radius 3 is 2.44 bits per heavy atom. The fourth-order valence-corrected chi connectivity index (χ4v) is 8.65. The van der Waals surface area contributed by atoms with E-state index in [2.05, 4.69) is 15.4 Å². The molecule has 0 radical (unpaired) electrons. The van der Waals surface area contributed by atoms with Crippen molar-refractivity contribution in [2.75, 3.05) is 13.7 Å². The van der Waals surface area contributed by atoms with E-state index in [1.165, 1.54) is 16.9 Å². The first-order valence-corrected chi connectivity index (χ1v) is 20.0. The van der Waals surface area contributed by atoms with Crippen molar-refractivity contribution in [3.63, 3.8) is 0 Å². The van der Waals surface area contributed by atoms with E-state index in [1.807, 2.05) is 12.2 Å².